The zero-order chi connectivity index (χ0) is 8.93. The van der Waals surface area contributed by atoms with E-state index in [4.69, 9.17) is 10.2 Å². The van der Waals surface area contributed by atoms with E-state index < -0.39 is 17.4 Å². The van der Waals surface area contributed by atoms with E-state index in [0.29, 0.717) is 0 Å². The van der Waals surface area contributed by atoms with E-state index in [2.05, 4.69) is 0 Å². The number of rotatable bonds is 0. The SMILES string of the molecule is O=C1c2cscc2C(=O)C1(O)O. The molecule has 0 bridgehead atoms. The second kappa shape index (κ2) is 2.01. The first kappa shape index (κ1) is 7.60. The third kappa shape index (κ3) is 0.677. The quantitative estimate of drug-likeness (QED) is 0.433. The van der Waals surface area contributed by atoms with Crippen molar-refractivity contribution in [2.75, 3.05) is 0 Å². The van der Waals surface area contributed by atoms with Crippen LogP contribution in [0.5, 0.6) is 0 Å². The van der Waals surface area contributed by atoms with Gasteiger partial charge in [0, 0.05) is 21.9 Å². The maximum atomic E-state index is 11.1. The van der Waals surface area contributed by atoms with Crippen molar-refractivity contribution in [3.8, 4) is 0 Å². The number of ketones is 2. The molecule has 0 atom stereocenters. The van der Waals surface area contributed by atoms with Gasteiger partial charge in [-0.15, -0.1) is 0 Å². The molecule has 0 fully saturated rings. The van der Waals surface area contributed by atoms with Crippen LogP contribution in [0.4, 0.5) is 0 Å². The average molecular weight is 184 g/mol. The van der Waals surface area contributed by atoms with Gasteiger partial charge in [0.25, 0.3) is 5.79 Å². The molecule has 0 unspecified atom stereocenters. The van der Waals surface area contributed by atoms with Gasteiger partial charge in [0.05, 0.1) is 0 Å². The molecule has 1 aliphatic carbocycles. The van der Waals surface area contributed by atoms with E-state index in [1.807, 2.05) is 0 Å². The van der Waals surface area contributed by atoms with Crippen molar-refractivity contribution in [1.29, 1.82) is 0 Å². The van der Waals surface area contributed by atoms with Crippen LogP contribution in [0.2, 0.25) is 0 Å². The van der Waals surface area contributed by atoms with Crippen molar-refractivity contribution in [2.24, 2.45) is 0 Å². The van der Waals surface area contributed by atoms with Crippen molar-refractivity contribution < 1.29 is 19.8 Å². The molecule has 1 aliphatic rings. The van der Waals surface area contributed by atoms with E-state index in [0.717, 1.165) is 0 Å². The number of fused-ring (bicyclic) bond motifs is 1. The monoisotopic (exact) mass is 184 g/mol. The first-order chi connectivity index (χ1) is 5.55. The predicted molar refractivity (Wildman–Crippen MR) is 40.1 cm³/mol. The minimum atomic E-state index is -2.82. The Hall–Kier alpha value is -1.04. The summed E-state index contributed by atoms with van der Waals surface area (Å²) in [6.07, 6.45) is 0. The van der Waals surface area contributed by atoms with Gasteiger partial charge in [0.1, 0.15) is 0 Å². The van der Waals surface area contributed by atoms with Crippen molar-refractivity contribution >= 4 is 22.9 Å². The Kier molecular flexibility index (Phi) is 1.27. The summed E-state index contributed by atoms with van der Waals surface area (Å²) in [5, 5.41) is 20.9. The lowest BCUT2D eigenvalue weighted by atomic mass is 10.2. The normalized spacial score (nSPS) is 19.8. The number of hydrogen-bond acceptors (Lipinski definition) is 5. The number of carbonyl (C=O) groups is 2. The molecular formula is C7H4O4S. The Morgan fingerprint density at radius 2 is 1.50 bits per heavy atom. The van der Waals surface area contributed by atoms with Gasteiger partial charge in [-0.1, -0.05) is 0 Å². The first-order valence-electron chi connectivity index (χ1n) is 3.15. The maximum absolute atomic E-state index is 11.1. The largest absolute Gasteiger partial charge is 0.353 e. The molecule has 2 N–H and O–H groups in total. The van der Waals surface area contributed by atoms with Crippen molar-refractivity contribution in [2.45, 2.75) is 5.79 Å². The Balaban J connectivity index is 2.69. The summed E-state index contributed by atoms with van der Waals surface area (Å²) in [5.74, 6) is -4.67. The summed E-state index contributed by atoms with van der Waals surface area (Å²) in [6.45, 7) is 0. The predicted octanol–water partition coefficient (Wildman–Crippen LogP) is -0.192. The highest BCUT2D eigenvalue weighted by Crippen LogP contribution is 2.30. The van der Waals surface area contributed by atoms with Gasteiger partial charge in [0.2, 0.25) is 11.6 Å². The molecule has 1 heterocycles. The van der Waals surface area contributed by atoms with Gasteiger partial charge in [-0.3, -0.25) is 9.59 Å². The third-order valence-electron chi connectivity index (χ3n) is 1.78. The minimum absolute atomic E-state index is 0.106. The van der Waals surface area contributed by atoms with E-state index in [9.17, 15) is 9.59 Å². The zero-order valence-electron chi connectivity index (χ0n) is 5.77. The molecule has 0 spiro atoms. The third-order valence-corrected chi connectivity index (χ3v) is 2.53. The Labute approximate surface area is 71.1 Å². The second-order valence-corrected chi connectivity index (χ2v) is 3.27. The van der Waals surface area contributed by atoms with Gasteiger partial charge < -0.3 is 10.2 Å². The number of thiophene rings is 1. The standard InChI is InChI=1S/C7H4O4S/c8-5-3-1-12-2-4(3)6(9)7(5,10)11/h1-2,10-11H. The molecule has 0 amide bonds. The molecule has 0 saturated heterocycles. The fraction of sp³-hybridized carbons (Fsp3) is 0.143. The molecule has 2 rings (SSSR count). The highest BCUT2D eigenvalue weighted by atomic mass is 32.1. The molecule has 1 aromatic rings. The van der Waals surface area contributed by atoms with Crippen LogP contribution in [-0.2, 0) is 0 Å². The fourth-order valence-corrected chi connectivity index (χ4v) is 1.94. The van der Waals surface area contributed by atoms with Gasteiger partial charge >= 0.3 is 0 Å². The van der Waals surface area contributed by atoms with E-state index in [1.165, 1.54) is 22.1 Å². The highest BCUT2D eigenvalue weighted by Gasteiger charge is 2.51. The molecule has 12 heavy (non-hydrogen) atoms. The number of aliphatic hydroxyl groups is 2. The van der Waals surface area contributed by atoms with E-state index in [-0.39, 0.29) is 11.1 Å². The molecule has 0 aromatic carbocycles. The van der Waals surface area contributed by atoms with Crippen molar-refractivity contribution in [3.05, 3.63) is 21.9 Å². The summed E-state index contributed by atoms with van der Waals surface area (Å²) in [7, 11) is 0. The van der Waals surface area contributed by atoms with E-state index in [1.54, 1.807) is 0 Å². The number of carbonyl (C=O) groups excluding carboxylic acids is 2. The van der Waals surface area contributed by atoms with Crippen LogP contribution < -0.4 is 0 Å². The van der Waals surface area contributed by atoms with Crippen LogP contribution in [-0.4, -0.2) is 27.6 Å². The van der Waals surface area contributed by atoms with Gasteiger partial charge in [-0.25, -0.2) is 0 Å². The van der Waals surface area contributed by atoms with Crippen LogP contribution in [0.15, 0.2) is 10.8 Å². The molecule has 0 saturated carbocycles. The van der Waals surface area contributed by atoms with E-state index >= 15 is 0 Å². The first-order valence-corrected chi connectivity index (χ1v) is 4.10. The van der Waals surface area contributed by atoms with Crippen LogP contribution in [0.1, 0.15) is 20.7 Å². The van der Waals surface area contributed by atoms with Crippen molar-refractivity contribution in [1.82, 2.24) is 0 Å². The summed E-state index contributed by atoms with van der Waals surface area (Å²) >= 11 is 1.19. The topological polar surface area (TPSA) is 74.6 Å². The number of Topliss-reactive ketones (excluding diaryl/α,β-unsaturated/α-hetero) is 2. The highest BCUT2D eigenvalue weighted by molar-refractivity contribution is 7.08. The lowest BCUT2D eigenvalue weighted by Crippen LogP contribution is -2.40. The molecule has 0 radical (unpaired) electrons. The summed E-state index contributed by atoms with van der Waals surface area (Å²) in [5.41, 5.74) is 0.213. The minimum Gasteiger partial charge on any atom is -0.353 e. The summed E-state index contributed by atoms with van der Waals surface area (Å²) < 4.78 is 0. The van der Waals surface area contributed by atoms with Crippen LogP contribution >= 0.6 is 11.3 Å². The van der Waals surface area contributed by atoms with Gasteiger partial charge in [0.15, 0.2) is 0 Å². The smallest absolute Gasteiger partial charge is 0.295 e. The summed E-state index contributed by atoms with van der Waals surface area (Å²) in [6, 6.07) is 0. The lowest BCUT2D eigenvalue weighted by Gasteiger charge is -2.08. The van der Waals surface area contributed by atoms with Gasteiger partial charge in [-0.05, 0) is 0 Å². The van der Waals surface area contributed by atoms with Crippen LogP contribution in [0, 0.1) is 0 Å². The van der Waals surface area contributed by atoms with Gasteiger partial charge in [-0.2, -0.15) is 11.3 Å². The zero-order valence-corrected chi connectivity index (χ0v) is 6.59. The number of hydrogen-bond donors (Lipinski definition) is 2. The molecule has 1 aromatic heterocycles. The Morgan fingerprint density at radius 3 is 1.92 bits per heavy atom. The Bertz CT molecular complexity index is 344. The lowest BCUT2D eigenvalue weighted by molar-refractivity contribution is -0.0857. The average Bonchev–Trinajstić information content (AvgIpc) is 2.53. The van der Waals surface area contributed by atoms with Crippen LogP contribution in [0.3, 0.4) is 0 Å². The second-order valence-electron chi connectivity index (χ2n) is 2.53. The molecule has 62 valence electrons. The molecular weight excluding hydrogens is 180 g/mol. The molecule has 5 heteroatoms. The summed E-state index contributed by atoms with van der Waals surface area (Å²) in [4.78, 5) is 22.2. The molecule has 4 nitrogen and oxygen atoms in total. The Morgan fingerprint density at radius 1 is 1.08 bits per heavy atom. The fourth-order valence-electron chi connectivity index (χ4n) is 1.13. The van der Waals surface area contributed by atoms with Crippen LogP contribution in [0.25, 0.3) is 0 Å². The van der Waals surface area contributed by atoms with Crippen molar-refractivity contribution in [3.63, 3.8) is 0 Å². The molecule has 0 aliphatic heterocycles. The maximum Gasteiger partial charge on any atom is 0.295 e.